The van der Waals surface area contributed by atoms with E-state index in [0.717, 1.165) is 0 Å². The van der Waals surface area contributed by atoms with Gasteiger partial charge in [0.1, 0.15) is 0 Å². The van der Waals surface area contributed by atoms with Crippen LogP contribution in [0.1, 0.15) is 13.8 Å². The van der Waals surface area contributed by atoms with Gasteiger partial charge in [-0.15, -0.1) is 0 Å². The average molecular weight is 190 g/mol. The molecule has 0 amide bonds. The minimum Gasteiger partial charge on any atom is -0.252 e. The minimum absolute atomic E-state index is 0.401. The van der Waals surface area contributed by atoms with Crippen molar-refractivity contribution in [3.8, 4) is 0 Å². The SMILES string of the molecule is CC1C(F)(F)OC(F)(F)C1(C)F. The third kappa shape index (κ3) is 1.01. The van der Waals surface area contributed by atoms with E-state index < -0.39 is 23.8 Å². The van der Waals surface area contributed by atoms with E-state index in [1.807, 2.05) is 0 Å². The molecule has 1 heterocycles. The van der Waals surface area contributed by atoms with Gasteiger partial charge in [-0.3, -0.25) is 4.74 Å². The first-order valence-electron chi connectivity index (χ1n) is 3.26. The zero-order valence-corrected chi connectivity index (χ0v) is 6.38. The monoisotopic (exact) mass is 190 g/mol. The fourth-order valence-corrected chi connectivity index (χ4v) is 0.927. The maximum absolute atomic E-state index is 12.9. The van der Waals surface area contributed by atoms with Crippen LogP contribution >= 0.6 is 0 Å². The highest BCUT2D eigenvalue weighted by Gasteiger charge is 2.73. The van der Waals surface area contributed by atoms with Gasteiger partial charge in [0, 0.05) is 0 Å². The summed E-state index contributed by atoms with van der Waals surface area (Å²) >= 11 is 0. The fraction of sp³-hybridized carbons (Fsp3) is 1.00. The van der Waals surface area contributed by atoms with E-state index in [-0.39, 0.29) is 0 Å². The Morgan fingerprint density at radius 2 is 1.50 bits per heavy atom. The minimum atomic E-state index is -4.42. The van der Waals surface area contributed by atoms with E-state index >= 15 is 0 Å². The Labute approximate surface area is 65.5 Å². The molecule has 0 spiro atoms. The van der Waals surface area contributed by atoms with E-state index in [4.69, 9.17) is 0 Å². The first-order chi connectivity index (χ1) is 5.11. The first kappa shape index (κ1) is 9.70. The van der Waals surface area contributed by atoms with Crippen LogP contribution in [0.25, 0.3) is 0 Å². The average Bonchev–Trinajstić information content (AvgIpc) is 1.90. The summed E-state index contributed by atoms with van der Waals surface area (Å²) < 4.78 is 65.5. The Kier molecular flexibility index (Phi) is 1.70. The Bertz CT molecular complexity index is 200. The summed E-state index contributed by atoms with van der Waals surface area (Å²) in [6.45, 7) is 1.08. The summed E-state index contributed by atoms with van der Waals surface area (Å²) in [6, 6.07) is 0. The maximum atomic E-state index is 12.9. The van der Waals surface area contributed by atoms with E-state index in [1.165, 1.54) is 0 Å². The zero-order valence-electron chi connectivity index (χ0n) is 6.38. The molecule has 0 radical (unpaired) electrons. The van der Waals surface area contributed by atoms with Gasteiger partial charge in [0.15, 0.2) is 0 Å². The van der Waals surface area contributed by atoms with Crippen molar-refractivity contribution in [3.63, 3.8) is 0 Å². The van der Waals surface area contributed by atoms with Gasteiger partial charge >= 0.3 is 12.2 Å². The van der Waals surface area contributed by atoms with Gasteiger partial charge in [0.05, 0.1) is 5.92 Å². The predicted octanol–water partition coefficient (Wildman–Crippen LogP) is 2.57. The van der Waals surface area contributed by atoms with Gasteiger partial charge in [-0.05, 0) is 6.92 Å². The highest BCUT2D eigenvalue weighted by Crippen LogP contribution is 2.54. The second-order valence-corrected chi connectivity index (χ2v) is 2.98. The van der Waals surface area contributed by atoms with E-state index in [2.05, 4.69) is 4.74 Å². The van der Waals surface area contributed by atoms with Crippen LogP contribution < -0.4 is 0 Å². The van der Waals surface area contributed by atoms with E-state index in [1.54, 1.807) is 0 Å². The Hall–Kier alpha value is -0.390. The number of rotatable bonds is 0. The fourth-order valence-electron chi connectivity index (χ4n) is 0.927. The summed E-state index contributed by atoms with van der Waals surface area (Å²) in [5, 5.41) is 0. The topological polar surface area (TPSA) is 9.23 Å². The molecule has 0 aromatic carbocycles. The second-order valence-electron chi connectivity index (χ2n) is 2.98. The Balaban J connectivity index is 3.05. The molecule has 1 nitrogen and oxygen atoms in total. The van der Waals surface area contributed by atoms with Gasteiger partial charge < -0.3 is 0 Å². The molecule has 2 unspecified atom stereocenters. The van der Waals surface area contributed by atoms with Gasteiger partial charge in [-0.2, -0.15) is 17.6 Å². The lowest BCUT2D eigenvalue weighted by Gasteiger charge is -2.21. The van der Waals surface area contributed by atoms with Crippen LogP contribution in [0.2, 0.25) is 0 Å². The van der Waals surface area contributed by atoms with Crippen molar-refractivity contribution >= 4 is 0 Å². The van der Waals surface area contributed by atoms with Crippen LogP contribution in [0.3, 0.4) is 0 Å². The van der Waals surface area contributed by atoms with E-state index in [0.29, 0.717) is 13.8 Å². The third-order valence-electron chi connectivity index (χ3n) is 2.15. The lowest BCUT2D eigenvalue weighted by atomic mass is 9.94. The van der Waals surface area contributed by atoms with Gasteiger partial charge in [-0.1, -0.05) is 6.92 Å². The van der Waals surface area contributed by atoms with Crippen LogP contribution in [0.15, 0.2) is 0 Å². The first-order valence-corrected chi connectivity index (χ1v) is 3.26. The highest BCUT2D eigenvalue weighted by molar-refractivity contribution is 4.98. The Morgan fingerprint density at radius 1 is 1.08 bits per heavy atom. The summed E-state index contributed by atoms with van der Waals surface area (Å²) in [4.78, 5) is 0. The predicted molar refractivity (Wildman–Crippen MR) is 29.7 cm³/mol. The van der Waals surface area contributed by atoms with Crippen molar-refractivity contribution in [2.24, 2.45) is 5.92 Å². The van der Waals surface area contributed by atoms with Gasteiger partial charge in [-0.25, -0.2) is 4.39 Å². The standard InChI is InChI=1S/C6H7F5O/c1-3-4(2,7)6(10,11)12-5(3,8)9/h3H,1-2H3. The van der Waals surface area contributed by atoms with Crippen LogP contribution in [-0.4, -0.2) is 17.9 Å². The Morgan fingerprint density at radius 3 is 1.58 bits per heavy atom. The normalized spacial score (nSPS) is 44.8. The maximum Gasteiger partial charge on any atom is 0.394 e. The van der Waals surface area contributed by atoms with Crippen LogP contribution in [-0.2, 0) is 4.74 Å². The number of halogens is 5. The van der Waals surface area contributed by atoms with Crippen molar-refractivity contribution in [1.82, 2.24) is 0 Å². The second kappa shape index (κ2) is 2.10. The largest absolute Gasteiger partial charge is 0.394 e. The van der Waals surface area contributed by atoms with Crippen molar-refractivity contribution in [2.45, 2.75) is 31.7 Å². The number of hydrogen-bond donors (Lipinski definition) is 0. The quantitative estimate of drug-likeness (QED) is 0.533. The number of hydrogen-bond acceptors (Lipinski definition) is 1. The van der Waals surface area contributed by atoms with Crippen molar-refractivity contribution < 1.29 is 26.7 Å². The number of alkyl halides is 5. The lowest BCUT2D eigenvalue weighted by Crippen LogP contribution is -2.41. The molecule has 12 heavy (non-hydrogen) atoms. The van der Waals surface area contributed by atoms with Crippen LogP contribution in [0.5, 0.6) is 0 Å². The highest BCUT2D eigenvalue weighted by atomic mass is 19.3. The molecule has 1 aliphatic rings. The van der Waals surface area contributed by atoms with Crippen molar-refractivity contribution in [2.75, 3.05) is 0 Å². The molecule has 1 rings (SSSR count). The number of ether oxygens (including phenoxy) is 1. The molecule has 72 valence electrons. The molecule has 0 saturated carbocycles. The zero-order chi connectivity index (χ0) is 9.78. The van der Waals surface area contributed by atoms with Crippen molar-refractivity contribution in [1.29, 1.82) is 0 Å². The van der Waals surface area contributed by atoms with Crippen molar-refractivity contribution in [3.05, 3.63) is 0 Å². The molecule has 0 aliphatic carbocycles. The molecule has 1 saturated heterocycles. The molecule has 2 atom stereocenters. The molecule has 0 aromatic heterocycles. The summed E-state index contributed by atoms with van der Waals surface area (Å²) in [5.74, 6) is -2.15. The smallest absolute Gasteiger partial charge is 0.252 e. The molecule has 1 aliphatic heterocycles. The van der Waals surface area contributed by atoms with Crippen LogP contribution in [0.4, 0.5) is 22.0 Å². The lowest BCUT2D eigenvalue weighted by molar-refractivity contribution is -0.348. The van der Waals surface area contributed by atoms with Gasteiger partial charge in [0.2, 0.25) is 5.67 Å². The van der Waals surface area contributed by atoms with E-state index in [9.17, 15) is 22.0 Å². The molecule has 6 heteroatoms. The van der Waals surface area contributed by atoms with Gasteiger partial charge in [0.25, 0.3) is 0 Å². The summed E-state index contributed by atoms with van der Waals surface area (Å²) in [6.07, 6.45) is -8.52. The molecular formula is C6H7F5O. The molecule has 1 fully saturated rings. The molecule has 0 bridgehead atoms. The summed E-state index contributed by atoms with van der Waals surface area (Å²) in [7, 11) is 0. The molecular weight excluding hydrogens is 183 g/mol. The summed E-state index contributed by atoms with van der Waals surface area (Å²) in [5.41, 5.74) is -3.32. The molecule has 0 aromatic rings. The third-order valence-corrected chi connectivity index (χ3v) is 2.15. The van der Waals surface area contributed by atoms with Crippen LogP contribution in [0, 0.1) is 5.92 Å². The molecule has 0 N–H and O–H groups in total.